The highest BCUT2D eigenvalue weighted by atomic mass is 16.5. The van der Waals surface area contributed by atoms with E-state index in [1.54, 1.807) is 18.2 Å². The van der Waals surface area contributed by atoms with Gasteiger partial charge in [-0.15, -0.1) is 0 Å². The number of amides is 3. The van der Waals surface area contributed by atoms with Crippen LogP contribution in [0.4, 0.5) is 0 Å². The smallest absolute Gasteiger partial charge is 0.261 e. The number of hydrogen-bond donors (Lipinski definition) is 1. The average molecular weight is 370 g/mol. The first-order valence-corrected chi connectivity index (χ1v) is 9.95. The Bertz CT molecular complexity index is 769. The molecule has 0 radical (unpaired) electrons. The van der Waals surface area contributed by atoms with Crippen molar-refractivity contribution in [3.8, 4) is 0 Å². The molecule has 2 fully saturated rings. The molecule has 1 aliphatic carbocycles. The van der Waals surface area contributed by atoms with Crippen molar-refractivity contribution in [3.05, 3.63) is 34.9 Å². The maximum Gasteiger partial charge on any atom is 0.261 e. The summed E-state index contributed by atoms with van der Waals surface area (Å²) in [6.07, 6.45) is 6.06. The first-order valence-electron chi connectivity index (χ1n) is 9.95. The molecule has 6 nitrogen and oxygen atoms in total. The van der Waals surface area contributed by atoms with Gasteiger partial charge in [-0.25, -0.2) is 0 Å². The van der Waals surface area contributed by atoms with Crippen LogP contribution in [-0.4, -0.2) is 47.9 Å². The Morgan fingerprint density at radius 3 is 2.70 bits per heavy atom. The monoisotopic (exact) mass is 370 g/mol. The highest BCUT2D eigenvalue weighted by Crippen LogP contribution is 2.27. The first-order chi connectivity index (χ1) is 13.0. The summed E-state index contributed by atoms with van der Waals surface area (Å²) in [4.78, 5) is 39.2. The Morgan fingerprint density at radius 1 is 1.15 bits per heavy atom. The van der Waals surface area contributed by atoms with Gasteiger partial charge in [-0.1, -0.05) is 19.8 Å². The van der Waals surface area contributed by atoms with E-state index in [0.717, 1.165) is 32.1 Å². The molecular weight excluding hydrogens is 344 g/mol. The van der Waals surface area contributed by atoms with Crippen molar-refractivity contribution in [2.75, 3.05) is 13.2 Å². The van der Waals surface area contributed by atoms with Gasteiger partial charge in [-0.2, -0.15) is 0 Å². The summed E-state index contributed by atoms with van der Waals surface area (Å²) in [5.41, 5.74) is 1.13. The standard InChI is InChI=1S/C21H26N2O4/c1-13-4-2-5-15(10-13)22-19(24)14-7-8-17-18(11-14)21(26)23(20(17)25)12-16-6-3-9-27-16/h7-8,11,13,15-16H,2-6,9-10,12H2,1H3,(H,22,24). The maximum atomic E-state index is 12.7. The van der Waals surface area contributed by atoms with E-state index in [1.165, 1.54) is 11.3 Å². The molecule has 0 bridgehead atoms. The summed E-state index contributed by atoms with van der Waals surface area (Å²) in [5, 5.41) is 3.08. The van der Waals surface area contributed by atoms with Gasteiger partial charge in [0, 0.05) is 18.2 Å². The summed E-state index contributed by atoms with van der Waals surface area (Å²) in [6, 6.07) is 4.99. The van der Waals surface area contributed by atoms with Gasteiger partial charge in [0.05, 0.1) is 23.8 Å². The van der Waals surface area contributed by atoms with Crippen molar-refractivity contribution < 1.29 is 19.1 Å². The molecule has 3 unspecified atom stereocenters. The normalized spacial score (nSPS) is 27.7. The van der Waals surface area contributed by atoms with E-state index < -0.39 is 0 Å². The number of nitrogens with zero attached hydrogens (tertiary/aromatic N) is 1. The van der Waals surface area contributed by atoms with Crippen LogP contribution in [-0.2, 0) is 4.74 Å². The van der Waals surface area contributed by atoms with Gasteiger partial charge < -0.3 is 10.1 Å². The van der Waals surface area contributed by atoms with Gasteiger partial charge in [0.15, 0.2) is 0 Å². The lowest BCUT2D eigenvalue weighted by Crippen LogP contribution is -2.38. The molecule has 2 aliphatic heterocycles. The van der Waals surface area contributed by atoms with Gasteiger partial charge >= 0.3 is 0 Å². The summed E-state index contributed by atoms with van der Waals surface area (Å²) in [5.74, 6) is -0.172. The number of benzene rings is 1. The maximum absolute atomic E-state index is 12.7. The van der Waals surface area contributed by atoms with Gasteiger partial charge in [0.25, 0.3) is 17.7 Å². The number of nitrogens with one attached hydrogen (secondary N) is 1. The van der Waals surface area contributed by atoms with E-state index >= 15 is 0 Å². The van der Waals surface area contributed by atoms with E-state index in [1.807, 2.05) is 0 Å². The fraction of sp³-hybridized carbons (Fsp3) is 0.571. The van der Waals surface area contributed by atoms with E-state index in [9.17, 15) is 14.4 Å². The molecule has 1 aromatic carbocycles. The van der Waals surface area contributed by atoms with E-state index in [0.29, 0.717) is 29.2 Å². The molecule has 1 N–H and O–H groups in total. The zero-order valence-electron chi connectivity index (χ0n) is 15.7. The molecule has 1 saturated carbocycles. The van der Waals surface area contributed by atoms with Crippen LogP contribution in [0, 0.1) is 5.92 Å². The zero-order valence-corrected chi connectivity index (χ0v) is 15.7. The molecule has 3 aliphatic rings. The predicted octanol–water partition coefficient (Wildman–Crippen LogP) is 2.77. The summed E-state index contributed by atoms with van der Waals surface area (Å²) in [7, 11) is 0. The Hall–Kier alpha value is -2.21. The molecule has 0 aromatic heterocycles. The molecule has 6 heteroatoms. The second-order valence-electron chi connectivity index (χ2n) is 8.06. The van der Waals surface area contributed by atoms with Crippen molar-refractivity contribution >= 4 is 17.7 Å². The minimum Gasteiger partial charge on any atom is -0.376 e. The van der Waals surface area contributed by atoms with E-state index in [4.69, 9.17) is 4.74 Å². The first kappa shape index (κ1) is 18.2. The number of fused-ring (bicyclic) bond motifs is 1. The fourth-order valence-electron chi connectivity index (χ4n) is 4.42. The second-order valence-corrected chi connectivity index (χ2v) is 8.06. The Balaban J connectivity index is 1.47. The van der Waals surface area contributed by atoms with Crippen LogP contribution in [0.1, 0.15) is 76.5 Å². The molecular formula is C21H26N2O4. The third-order valence-electron chi connectivity index (χ3n) is 5.91. The lowest BCUT2D eigenvalue weighted by molar-refractivity contribution is 0.0475. The number of rotatable bonds is 4. The number of ether oxygens (including phenoxy) is 1. The van der Waals surface area contributed by atoms with Crippen LogP contribution in [0.2, 0.25) is 0 Å². The summed E-state index contributed by atoms with van der Waals surface area (Å²) in [6.45, 7) is 3.17. The molecule has 2 heterocycles. The summed E-state index contributed by atoms with van der Waals surface area (Å²) >= 11 is 0. The Kier molecular flexibility index (Phi) is 5.00. The third-order valence-corrected chi connectivity index (χ3v) is 5.91. The molecule has 144 valence electrons. The lowest BCUT2D eigenvalue weighted by atomic mass is 9.87. The van der Waals surface area contributed by atoms with Crippen LogP contribution < -0.4 is 5.32 Å². The van der Waals surface area contributed by atoms with Crippen LogP contribution in [0.15, 0.2) is 18.2 Å². The number of carbonyl (C=O) groups excluding carboxylic acids is 3. The molecule has 4 rings (SSSR count). The quantitative estimate of drug-likeness (QED) is 0.827. The molecule has 3 atom stereocenters. The van der Waals surface area contributed by atoms with Crippen molar-refractivity contribution in [2.24, 2.45) is 5.92 Å². The van der Waals surface area contributed by atoms with Crippen molar-refractivity contribution in [3.63, 3.8) is 0 Å². The largest absolute Gasteiger partial charge is 0.376 e. The van der Waals surface area contributed by atoms with Crippen molar-refractivity contribution in [1.29, 1.82) is 0 Å². The third kappa shape index (κ3) is 3.63. The van der Waals surface area contributed by atoms with Gasteiger partial charge in [-0.3, -0.25) is 19.3 Å². The highest BCUT2D eigenvalue weighted by molar-refractivity contribution is 6.22. The van der Waals surface area contributed by atoms with Crippen LogP contribution in [0.5, 0.6) is 0 Å². The van der Waals surface area contributed by atoms with Crippen molar-refractivity contribution in [1.82, 2.24) is 10.2 Å². The van der Waals surface area contributed by atoms with Crippen LogP contribution >= 0.6 is 0 Å². The fourth-order valence-corrected chi connectivity index (χ4v) is 4.42. The minimum atomic E-state index is -0.327. The predicted molar refractivity (Wildman–Crippen MR) is 99.7 cm³/mol. The Morgan fingerprint density at radius 2 is 1.96 bits per heavy atom. The number of hydrogen-bond acceptors (Lipinski definition) is 4. The SMILES string of the molecule is CC1CCCC(NC(=O)c2ccc3c(c2)C(=O)N(CC2CCCO2)C3=O)C1. The summed E-state index contributed by atoms with van der Waals surface area (Å²) < 4.78 is 5.56. The van der Waals surface area contributed by atoms with E-state index in [2.05, 4.69) is 12.2 Å². The van der Waals surface area contributed by atoms with Crippen LogP contribution in [0.25, 0.3) is 0 Å². The Labute approximate surface area is 159 Å². The highest BCUT2D eigenvalue weighted by Gasteiger charge is 2.38. The van der Waals surface area contributed by atoms with Crippen molar-refractivity contribution in [2.45, 2.75) is 57.6 Å². The lowest BCUT2D eigenvalue weighted by Gasteiger charge is -2.27. The molecule has 1 aromatic rings. The van der Waals surface area contributed by atoms with Gasteiger partial charge in [0.1, 0.15) is 0 Å². The molecule has 27 heavy (non-hydrogen) atoms. The topological polar surface area (TPSA) is 75.7 Å². The van der Waals surface area contributed by atoms with Gasteiger partial charge in [-0.05, 0) is 49.8 Å². The molecule has 3 amide bonds. The number of imide groups is 1. The second kappa shape index (κ2) is 7.43. The zero-order chi connectivity index (χ0) is 19.0. The van der Waals surface area contributed by atoms with E-state index in [-0.39, 0.29) is 36.4 Å². The minimum absolute atomic E-state index is 0.0803. The van der Waals surface area contributed by atoms with Crippen LogP contribution in [0.3, 0.4) is 0 Å². The average Bonchev–Trinajstić information content (AvgIpc) is 3.25. The number of carbonyl (C=O) groups is 3. The molecule has 0 spiro atoms. The van der Waals surface area contributed by atoms with Gasteiger partial charge in [0.2, 0.25) is 0 Å². The molecule has 1 saturated heterocycles.